The monoisotopic (exact) mass is 488 g/mol. The molecule has 1 fully saturated rings. The maximum Gasteiger partial charge on any atom is 0.416 e. The van der Waals surface area contributed by atoms with Crippen molar-refractivity contribution in [2.75, 3.05) is 31.1 Å². The number of carbonyl (C=O) groups is 1. The zero-order valence-electron chi connectivity index (χ0n) is 18.9. The molecule has 0 bridgehead atoms. The van der Waals surface area contributed by atoms with E-state index in [2.05, 4.69) is 9.88 Å². The molecule has 5 nitrogen and oxygen atoms in total. The number of hydrogen-bond acceptors (Lipinski definition) is 4. The summed E-state index contributed by atoms with van der Waals surface area (Å²) in [5.74, 6) is 1.21. The number of carbonyl (C=O) groups excluding carboxylic acids is 1. The number of piperazine rings is 1. The largest absolute Gasteiger partial charge is 0.416 e. The van der Waals surface area contributed by atoms with Crippen LogP contribution in [0.2, 0.25) is 5.02 Å². The smallest absolute Gasteiger partial charge is 0.353 e. The Labute approximate surface area is 201 Å². The van der Waals surface area contributed by atoms with Gasteiger partial charge in [0.15, 0.2) is 0 Å². The predicted octanol–water partition coefficient (Wildman–Crippen LogP) is 5.32. The topological polar surface area (TPSA) is 49.3 Å². The Balaban J connectivity index is 1.50. The highest BCUT2D eigenvalue weighted by atomic mass is 35.5. The van der Waals surface area contributed by atoms with Crippen molar-refractivity contribution in [3.63, 3.8) is 0 Å². The minimum absolute atomic E-state index is 0.245. The van der Waals surface area contributed by atoms with Crippen molar-refractivity contribution >= 4 is 23.3 Å². The first-order valence-corrected chi connectivity index (χ1v) is 11.3. The minimum atomic E-state index is -4.43. The maximum absolute atomic E-state index is 12.8. The van der Waals surface area contributed by atoms with Gasteiger partial charge in [-0.1, -0.05) is 29.8 Å². The summed E-state index contributed by atoms with van der Waals surface area (Å²) in [6.07, 6.45) is -3.84. The standard InChI is InChI=1S/C25H24ClF3N4O/c1-16-21(15-19-5-3-4-6-22(19)26)23(31-17(2)30-16)32-11-13-33(14-12-32)24(34)18-7-9-20(10-8-18)25(27,28)29/h3-10H,11-15H2,1-2H3. The Kier molecular flexibility index (Phi) is 6.79. The van der Waals surface area contributed by atoms with Gasteiger partial charge in [-0.2, -0.15) is 13.2 Å². The van der Waals surface area contributed by atoms with Crippen LogP contribution < -0.4 is 4.90 Å². The summed E-state index contributed by atoms with van der Waals surface area (Å²) in [5.41, 5.74) is 2.33. The summed E-state index contributed by atoms with van der Waals surface area (Å²) in [7, 11) is 0. The summed E-state index contributed by atoms with van der Waals surface area (Å²) >= 11 is 6.38. The second kappa shape index (κ2) is 9.62. The van der Waals surface area contributed by atoms with Crippen molar-refractivity contribution in [1.82, 2.24) is 14.9 Å². The van der Waals surface area contributed by atoms with E-state index in [-0.39, 0.29) is 11.5 Å². The van der Waals surface area contributed by atoms with Gasteiger partial charge in [-0.05, 0) is 49.7 Å². The first-order chi connectivity index (χ1) is 16.1. The van der Waals surface area contributed by atoms with E-state index in [0.29, 0.717) is 43.4 Å². The molecule has 9 heteroatoms. The number of rotatable bonds is 4. The van der Waals surface area contributed by atoms with E-state index in [1.165, 1.54) is 12.1 Å². The number of nitrogens with zero attached hydrogens (tertiary/aromatic N) is 4. The highest BCUT2D eigenvalue weighted by molar-refractivity contribution is 6.31. The average Bonchev–Trinajstić information content (AvgIpc) is 2.81. The van der Waals surface area contributed by atoms with Crippen LogP contribution in [0.4, 0.5) is 19.0 Å². The van der Waals surface area contributed by atoms with Crippen molar-refractivity contribution < 1.29 is 18.0 Å². The molecule has 0 spiro atoms. The van der Waals surface area contributed by atoms with E-state index in [9.17, 15) is 18.0 Å². The van der Waals surface area contributed by atoms with Crippen LogP contribution in [0, 0.1) is 13.8 Å². The Bertz CT molecular complexity index is 1190. The third-order valence-electron chi connectivity index (χ3n) is 5.95. The van der Waals surface area contributed by atoms with Gasteiger partial charge in [0.2, 0.25) is 0 Å². The highest BCUT2D eigenvalue weighted by Gasteiger charge is 2.31. The number of alkyl halides is 3. The molecule has 0 aliphatic carbocycles. The fraction of sp³-hybridized carbons (Fsp3) is 0.320. The lowest BCUT2D eigenvalue weighted by molar-refractivity contribution is -0.137. The molecule has 34 heavy (non-hydrogen) atoms. The Hall–Kier alpha value is -3.13. The van der Waals surface area contributed by atoms with Gasteiger partial charge in [0.25, 0.3) is 5.91 Å². The van der Waals surface area contributed by atoms with E-state index < -0.39 is 11.7 Å². The van der Waals surface area contributed by atoms with E-state index in [1.54, 1.807) is 4.90 Å². The third kappa shape index (κ3) is 5.17. The molecule has 1 aliphatic rings. The normalized spacial score (nSPS) is 14.4. The van der Waals surface area contributed by atoms with Crippen LogP contribution in [-0.4, -0.2) is 47.0 Å². The Morgan fingerprint density at radius 2 is 1.62 bits per heavy atom. The molecule has 3 aromatic rings. The zero-order valence-corrected chi connectivity index (χ0v) is 19.6. The van der Waals surface area contributed by atoms with E-state index in [0.717, 1.165) is 34.8 Å². The molecular formula is C25H24ClF3N4O. The molecule has 1 saturated heterocycles. The number of aryl methyl sites for hydroxylation is 2. The maximum atomic E-state index is 12.8. The second-order valence-electron chi connectivity index (χ2n) is 8.28. The summed E-state index contributed by atoms with van der Waals surface area (Å²) in [6.45, 7) is 5.78. The average molecular weight is 489 g/mol. The SMILES string of the molecule is Cc1nc(C)c(Cc2ccccc2Cl)c(N2CCN(C(=O)c3ccc(C(F)(F)F)cc3)CC2)n1. The molecule has 0 radical (unpaired) electrons. The Morgan fingerprint density at radius 1 is 0.971 bits per heavy atom. The number of benzene rings is 2. The van der Waals surface area contributed by atoms with Gasteiger partial charge in [0, 0.05) is 54.4 Å². The van der Waals surface area contributed by atoms with Crippen molar-refractivity contribution in [2.45, 2.75) is 26.4 Å². The molecular weight excluding hydrogens is 465 g/mol. The molecule has 0 atom stereocenters. The lowest BCUT2D eigenvalue weighted by Gasteiger charge is -2.36. The summed E-state index contributed by atoms with van der Waals surface area (Å²) in [4.78, 5) is 25.9. The van der Waals surface area contributed by atoms with Crippen LogP contribution >= 0.6 is 11.6 Å². The molecule has 2 heterocycles. The minimum Gasteiger partial charge on any atom is -0.353 e. The van der Waals surface area contributed by atoms with E-state index >= 15 is 0 Å². The fourth-order valence-electron chi connectivity index (χ4n) is 4.12. The van der Waals surface area contributed by atoms with Crippen LogP contribution in [0.1, 0.15) is 38.6 Å². The lowest BCUT2D eigenvalue weighted by atomic mass is 10.0. The van der Waals surface area contributed by atoms with E-state index in [4.69, 9.17) is 16.6 Å². The van der Waals surface area contributed by atoms with Crippen LogP contribution in [0.3, 0.4) is 0 Å². The first-order valence-electron chi connectivity index (χ1n) is 10.9. The van der Waals surface area contributed by atoms with Gasteiger partial charge in [0.05, 0.1) is 5.56 Å². The predicted molar refractivity (Wildman–Crippen MR) is 125 cm³/mol. The van der Waals surface area contributed by atoms with Crippen LogP contribution in [0.25, 0.3) is 0 Å². The number of anilines is 1. The van der Waals surface area contributed by atoms with Gasteiger partial charge in [-0.15, -0.1) is 0 Å². The molecule has 4 rings (SSSR count). The van der Waals surface area contributed by atoms with Crippen LogP contribution in [0.5, 0.6) is 0 Å². The van der Waals surface area contributed by atoms with Gasteiger partial charge in [0.1, 0.15) is 11.6 Å². The highest BCUT2D eigenvalue weighted by Crippen LogP contribution is 2.30. The van der Waals surface area contributed by atoms with Crippen molar-refractivity contribution in [3.05, 3.63) is 87.3 Å². The molecule has 0 unspecified atom stereocenters. The number of amides is 1. The number of aromatic nitrogens is 2. The van der Waals surface area contributed by atoms with E-state index in [1.807, 2.05) is 38.1 Å². The van der Waals surface area contributed by atoms with Gasteiger partial charge in [-0.3, -0.25) is 4.79 Å². The second-order valence-corrected chi connectivity index (χ2v) is 8.69. The molecule has 178 valence electrons. The molecule has 0 saturated carbocycles. The van der Waals surface area contributed by atoms with Crippen LogP contribution in [0.15, 0.2) is 48.5 Å². The number of halogens is 4. The zero-order chi connectivity index (χ0) is 24.5. The van der Waals surface area contributed by atoms with Gasteiger partial charge in [-0.25, -0.2) is 9.97 Å². The molecule has 2 aromatic carbocycles. The molecule has 1 amide bonds. The van der Waals surface area contributed by atoms with Crippen molar-refractivity contribution in [3.8, 4) is 0 Å². The summed E-state index contributed by atoms with van der Waals surface area (Å²) in [6, 6.07) is 12.0. The van der Waals surface area contributed by atoms with Crippen molar-refractivity contribution in [2.24, 2.45) is 0 Å². The van der Waals surface area contributed by atoms with Gasteiger partial charge < -0.3 is 9.80 Å². The lowest BCUT2D eigenvalue weighted by Crippen LogP contribution is -2.49. The fourth-order valence-corrected chi connectivity index (χ4v) is 4.33. The quantitative estimate of drug-likeness (QED) is 0.499. The van der Waals surface area contributed by atoms with Gasteiger partial charge >= 0.3 is 6.18 Å². The Morgan fingerprint density at radius 3 is 2.24 bits per heavy atom. The van der Waals surface area contributed by atoms with Crippen LogP contribution in [-0.2, 0) is 12.6 Å². The third-order valence-corrected chi connectivity index (χ3v) is 6.32. The van der Waals surface area contributed by atoms with Crippen molar-refractivity contribution in [1.29, 1.82) is 0 Å². The number of hydrogen-bond donors (Lipinski definition) is 0. The molecule has 1 aliphatic heterocycles. The molecule has 1 aromatic heterocycles. The summed E-state index contributed by atoms with van der Waals surface area (Å²) in [5, 5.41) is 0.681. The summed E-state index contributed by atoms with van der Waals surface area (Å²) < 4.78 is 38.4. The first kappa shape index (κ1) is 24.0. The molecule has 0 N–H and O–H groups in total.